The molecule has 1 aromatic carbocycles. The number of aromatic nitrogens is 1. The summed E-state index contributed by atoms with van der Waals surface area (Å²) in [5.41, 5.74) is 2.34. The molecule has 0 saturated heterocycles. The van der Waals surface area contributed by atoms with E-state index in [2.05, 4.69) is 45.0 Å². The van der Waals surface area contributed by atoms with E-state index in [1.54, 1.807) is 11.3 Å². The number of aliphatic imine (C=N–C) groups is 1. The van der Waals surface area contributed by atoms with Crippen molar-refractivity contribution >= 4 is 17.3 Å². The Hall–Kier alpha value is -1.92. The summed E-state index contributed by atoms with van der Waals surface area (Å²) in [6.45, 7) is 7.38. The van der Waals surface area contributed by atoms with Crippen LogP contribution in [0.25, 0.3) is 0 Å². The summed E-state index contributed by atoms with van der Waals surface area (Å²) < 4.78 is 5.80. The Labute approximate surface area is 167 Å². The number of nitrogens with one attached hydrogen (secondary N) is 2. The molecule has 27 heavy (non-hydrogen) atoms. The molecule has 0 fully saturated rings. The minimum absolute atomic E-state index is 0.417. The van der Waals surface area contributed by atoms with Crippen LogP contribution in [-0.2, 0) is 17.8 Å². The number of nitrogens with zero attached hydrogens (tertiary/aromatic N) is 2. The molecule has 0 spiro atoms. The molecule has 5 nitrogen and oxygen atoms in total. The van der Waals surface area contributed by atoms with E-state index in [9.17, 15) is 0 Å². The second-order valence-electron chi connectivity index (χ2n) is 6.83. The SMILES string of the molecule is CN=C(NCCCCc1nc(C)cs1)NCC(C)COCc1ccccc1. The number of ether oxygens (including phenoxy) is 1. The maximum atomic E-state index is 5.80. The minimum Gasteiger partial charge on any atom is -0.376 e. The summed E-state index contributed by atoms with van der Waals surface area (Å²) in [6.07, 6.45) is 3.30. The Balaban J connectivity index is 1.52. The highest BCUT2D eigenvalue weighted by Gasteiger charge is 2.05. The van der Waals surface area contributed by atoms with Gasteiger partial charge in [-0.3, -0.25) is 4.99 Å². The van der Waals surface area contributed by atoms with Gasteiger partial charge in [-0.15, -0.1) is 11.3 Å². The molecule has 148 valence electrons. The first-order valence-electron chi connectivity index (χ1n) is 9.64. The van der Waals surface area contributed by atoms with Crippen molar-refractivity contribution in [2.75, 3.05) is 26.7 Å². The molecule has 0 aliphatic heterocycles. The third-order valence-corrected chi connectivity index (χ3v) is 5.16. The van der Waals surface area contributed by atoms with Crippen molar-refractivity contribution in [2.45, 2.75) is 39.7 Å². The van der Waals surface area contributed by atoms with Crippen LogP contribution in [0.3, 0.4) is 0 Å². The van der Waals surface area contributed by atoms with Gasteiger partial charge in [-0.1, -0.05) is 37.3 Å². The van der Waals surface area contributed by atoms with E-state index in [1.165, 1.54) is 10.6 Å². The Morgan fingerprint density at radius 2 is 2.04 bits per heavy atom. The summed E-state index contributed by atoms with van der Waals surface area (Å²) in [5.74, 6) is 1.27. The van der Waals surface area contributed by atoms with Crippen molar-refractivity contribution in [3.05, 3.63) is 52.0 Å². The lowest BCUT2D eigenvalue weighted by atomic mass is 10.2. The van der Waals surface area contributed by atoms with Gasteiger partial charge in [-0.2, -0.15) is 0 Å². The van der Waals surface area contributed by atoms with E-state index in [-0.39, 0.29) is 0 Å². The number of guanidine groups is 1. The van der Waals surface area contributed by atoms with Gasteiger partial charge in [0.1, 0.15) is 0 Å². The maximum Gasteiger partial charge on any atom is 0.190 e. The zero-order valence-electron chi connectivity index (χ0n) is 16.7. The van der Waals surface area contributed by atoms with Crippen LogP contribution in [-0.4, -0.2) is 37.7 Å². The molecule has 2 rings (SSSR count). The minimum atomic E-state index is 0.417. The average Bonchev–Trinajstić information content (AvgIpc) is 3.10. The smallest absolute Gasteiger partial charge is 0.190 e. The van der Waals surface area contributed by atoms with Gasteiger partial charge in [0.15, 0.2) is 5.96 Å². The van der Waals surface area contributed by atoms with Gasteiger partial charge in [-0.25, -0.2) is 4.98 Å². The van der Waals surface area contributed by atoms with Crippen LogP contribution in [0.5, 0.6) is 0 Å². The second kappa shape index (κ2) is 12.5. The molecule has 0 aliphatic carbocycles. The van der Waals surface area contributed by atoms with Crippen molar-refractivity contribution in [2.24, 2.45) is 10.9 Å². The highest BCUT2D eigenvalue weighted by Crippen LogP contribution is 2.11. The fraction of sp³-hybridized carbons (Fsp3) is 0.524. The fourth-order valence-corrected chi connectivity index (χ4v) is 3.45. The third kappa shape index (κ3) is 9.02. The lowest BCUT2D eigenvalue weighted by Crippen LogP contribution is -2.40. The molecule has 2 aromatic rings. The quantitative estimate of drug-likeness (QED) is 0.349. The van der Waals surface area contributed by atoms with Crippen LogP contribution in [0.2, 0.25) is 0 Å². The third-order valence-electron chi connectivity index (χ3n) is 4.13. The normalized spacial score (nSPS) is 12.8. The van der Waals surface area contributed by atoms with E-state index in [0.29, 0.717) is 12.5 Å². The molecule has 1 unspecified atom stereocenters. The van der Waals surface area contributed by atoms with Gasteiger partial charge in [0.25, 0.3) is 0 Å². The van der Waals surface area contributed by atoms with Gasteiger partial charge in [0, 0.05) is 31.2 Å². The van der Waals surface area contributed by atoms with E-state index in [1.807, 2.05) is 32.2 Å². The van der Waals surface area contributed by atoms with Crippen LogP contribution in [0.4, 0.5) is 0 Å². The van der Waals surface area contributed by atoms with E-state index < -0.39 is 0 Å². The number of aryl methyl sites for hydroxylation is 2. The largest absolute Gasteiger partial charge is 0.376 e. The highest BCUT2D eigenvalue weighted by atomic mass is 32.1. The topological polar surface area (TPSA) is 58.5 Å². The van der Waals surface area contributed by atoms with Crippen LogP contribution >= 0.6 is 11.3 Å². The predicted octanol–water partition coefficient (Wildman–Crippen LogP) is 3.79. The molecule has 1 heterocycles. The standard InChI is InChI=1S/C21H32N4OS/c1-17(14-26-15-19-9-5-4-6-10-19)13-24-21(22-3)23-12-8-7-11-20-25-18(2)16-27-20/h4-6,9-10,16-17H,7-8,11-15H2,1-3H3,(H2,22,23,24). The van der Waals surface area contributed by atoms with Gasteiger partial charge < -0.3 is 15.4 Å². The highest BCUT2D eigenvalue weighted by molar-refractivity contribution is 7.09. The van der Waals surface area contributed by atoms with Crippen molar-refractivity contribution in [1.82, 2.24) is 15.6 Å². The predicted molar refractivity (Wildman–Crippen MR) is 114 cm³/mol. The molecule has 0 amide bonds. The molecule has 1 aromatic heterocycles. The summed E-state index contributed by atoms with van der Waals surface area (Å²) in [4.78, 5) is 8.79. The molecular weight excluding hydrogens is 356 g/mol. The Morgan fingerprint density at radius 3 is 2.74 bits per heavy atom. The zero-order valence-corrected chi connectivity index (χ0v) is 17.5. The number of hydrogen-bond donors (Lipinski definition) is 2. The number of rotatable bonds is 11. The van der Waals surface area contributed by atoms with Gasteiger partial charge >= 0.3 is 0 Å². The Morgan fingerprint density at radius 1 is 1.22 bits per heavy atom. The summed E-state index contributed by atoms with van der Waals surface area (Å²) in [6, 6.07) is 10.3. The molecule has 0 aliphatic rings. The first-order chi connectivity index (χ1) is 13.2. The maximum absolute atomic E-state index is 5.80. The van der Waals surface area contributed by atoms with E-state index >= 15 is 0 Å². The zero-order chi connectivity index (χ0) is 19.3. The number of hydrogen-bond acceptors (Lipinski definition) is 4. The van der Waals surface area contributed by atoms with Crippen molar-refractivity contribution < 1.29 is 4.74 Å². The number of unbranched alkanes of at least 4 members (excludes halogenated alkanes) is 1. The van der Waals surface area contributed by atoms with Gasteiger partial charge in [0.2, 0.25) is 0 Å². The van der Waals surface area contributed by atoms with Crippen LogP contribution < -0.4 is 10.6 Å². The molecule has 1 atom stereocenters. The summed E-state index contributed by atoms with van der Waals surface area (Å²) >= 11 is 1.76. The van der Waals surface area contributed by atoms with E-state index in [4.69, 9.17) is 4.74 Å². The van der Waals surface area contributed by atoms with Crippen LogP contribution in [0, 0.1) is 12.8 Å². The summed E-state index contributed by atoms with van der Waals surface area (Å²) in [5, 5.41) is 10.1. The van der Waals surface area contributed by atoms with Gasteiger partial charge in [0.05, 0.1) is 18.2 Å². The first kappa shape index (κ1) is 21.4. The van der Waals surface area contributed by atoms with Gasteiger partial charge in [-0.05, 0) is 37.7 Å². The fourth-order valence-electron chi connectivity index (χ4n) is 2.63. The second-order valence-corrected chi connectivity index (χ2v) is 7.77. The Bertz CT molecular complexity index is 672. The molecule has 0 saturated carbocycles. The monoisotopic (exact) mass is 388 g/mol. The van der Waals surface area contributed by atoms with Crippen LogP contribution in [0.15, 0.2) is 40.7 Å². The van der Waals surface area contributed by atoms with E-state index in [0.717, 1.165) is 50.6 Å². The number of benzene rings is 1. The molecule has 2 N–H and O–H groups in total. The molecular formula is C21H32N4OS. The summed E-state index contributed by atoms with van der Waals surface area (Å²) in [7, 11) is 1.81. The molecule has 0 bridgehead atoms. The molecule has 6 heteroatoms. The number of thiazole rings is 1. The lowest BCUT2D eigenvalue weighted by Gasteiger charge is -2.16. The van der Waals surface area contributed by atoms with Crippen molar-refractivity contribution in [3.8, 4) is 0 Å². The Kier molecular flexibility index (Phi) is 9.87. The lowest BCUT2D eigenvalue weighted by molar-refractivity contribution is 0.0931. The molecule has 0 radical (unpaired) electrons. The average molecular weight is 389 g/mol. The van der Waals surface area contributed by atoms with Crippen molar-refractivity contribution in [3.63, 3.8) is 0 Å². The van der Waals surface area contributed by atoms with Crippen LogP contribution in [0.1, 0.15) is 36.0 Å². The van der Waals surface area contributed by atoms with Crippen molar-refractivity contribution in [1.29, 1.82) is 0 Å². The first-order valence-corrected chi connectivity index (χ1v) is 10.5.